The minimum atomic E-state index is -0.393. The van der Waals surface area contributed by atoms with Gasteiger partial charge in [-0.05, 0) is 36.2 Å². The van der Waals surface area contributed by atoms with E-state index >= 15 is 0 Å². The fraction of sp³-hybridized carbons (Fsp3) is 0.250. The van der Waals surface area contributed by atoms with Gasteiger partial charge in [0.05, 0.1) is 14.2 Å². The molecule has 0 radical (unpaired) electrons. The molecule has 1 heterocycles. The van der Waals surface area contributed by atoms with Gasteiger partial charge in [0.1, 0.15) is 17.1 Å². The molecule has 2 rings (SSSR count). The summed E-state index contributed by atoms with van der Waals surface area (Å²) in [6.45, 7) is 0.674. The standard InChI is InChI=1S/C16H18N2O3/c1-20-13-7-5-12(6-8-13)9-11-18-15-14(16(19)21-2)4-3-10-17-15/h3-8,10H,9,11H2,1-2H3,(H,17,18). The lowest BCUT2D eigenvalue weighted by Gasteiger charge is -2.09. The van der Waals surface area contributed by atoms with Crippen LogP contribution >= 0.6 is 0 Å². The van der Waals surface area contributed by atoms with Gasteiger partial charge in [-0.1, -0.05) is 12.1 Å². The largest absolute Gasteiger partial charge is 0.497 e. The van der Waals surface area contributed by atoms with Crippen LogP contribution in [0.2, 0.25) is 0 Å². The summed E-state index contributed by atoms with van der Waals surface area (Å²) in [4.78, 5) is 15.8. The van der Waals surface area contributed by atoms with Gasteiger partial charge < -0.3 is 14.8 Å². The highest BCUT2D eigenvalue weighted by atomic mass is 16.5. The van der Waals surface area contributed by atoms with Crippen LogP contribution in [0.1, 0.15) is 15.9 Å². The Bertz CT molecular complexity index is 597. The van der Waals surface area contributed by atoms with E-state index in [2.05, 4.69) is 10.3 Å². The number of nitrogens with one attached hydrogen (secondary N) is 1. The molecule has 0 unspecified atom stereocenters. The molecule has 5 heteroatoms. The van der Waals surface area contributed by atoms with Crippen LogP contribution in [-0.2, 0) is 11.2 Å². The van der Waals surface area contributed by atoms with Crippen LogP contribution < -0.4 is 10.1 Å². The van der Waals surface area contributed by atoms with Crippen molar-refractivity contribution in [3.63, 3.8) is 0 Å². The van der Waals surface area contributed by atoms with E-state index in [-0.39, 0.29) is 0 Å². The van der Waals surface area contributed by atoms with E-state index in [0.717, 1.165) is 12.2 Å². The maximum absolute atomic E-state index is 11.6. The molecule has 0 aliphatic rings. The summed E-state index contributed by atoms with van der Waals surface area (Å²) in [6, 6.07) is 11.3. The van der Waals surface area contributed by atoms with Crippen molar-refractivity contribution in [3.05, 3.63) is 53.7 Å². The second kappa shape index (κ2) is 7.28. The molecule has 2 aromatic rings. The van der Waals surface area contributed by atoms with Gasteiger partial charge in [0, 0.05) is 12.7 Å². The van der Waals surface area contributed by atoms with Gasteiger partial charge in [-0.15, -0.1) is 0 Å². The molecule has 110 valence electrons. The summed E-state index contributed by atoms with van der Waals surface area (Å²) in [5.74, 6) is 0.984. The molecule has 1 N–H and O–H groups in total. The Morgan fingerprint density at radius 1 is 1.19 bits per heavy atom. The third-order valence-electron chi connectivity index (χ3n) is 3.08. The molecule has 0 aliphatic heterocycles. The maximum Gasteiger partial charge on any atom is 0.341 e. The first-order valence-corrected chi connectivity index (χ1v) is 6.64. The number of rotatable bonds is 6. The summed E-state index contributed by atoms with van der Waals surface area (Å²) in [7, 11) is 3.00. The monoisotopic (exact) mass is 286 g/mol. The van der Waals surface area contributed by atoms with Crippen LogP contribution in [0.15, 0.2) is 42.6 Å². The second-order valence-corrected chi connectivity index (χ2v) is 4.42. The highest BCUT2D eigenvalue weighted by molar-refractivity contribution is 5.94. The Morgan fingerprint density at radius 2 is 1.95 bits per heavy atom. The third-order valence-corrected chi connectivity index (χ3v) is 3.08. The number of anilines is 1. The number of hydrogen-bond acceptors (Lipinski definition) is 5. The van der Waals surface area contributed by atoms with Crippen molar-refractivity contribution >= 4 is 11.8 Å². The highest BCUT2D eigenvalue weighted by Gasteiger charge is 2.11. The molecular formula is C16H18N2O3. The van der Waals surface area contributed by atoms with Crippen molar-refractivity contribution in [1.29, 1.82) is 0 Å². The molecule has 0 saturated carbocycles. The number of hydrogen-bond donors (Lipinski definition) is 1. The summed E-state index contributed by atoms with van der Waals surface area (Å²) >= 11 is 0. The van der Waals surface area contributed by atoms with E-state index in [1.165, 1.54) is 12.7 Å². The molecule has 0 saturated heterocycles. The SMILES string of the molecule is COC(=O)c1cccnc1NCCc1ccc(OC)cc1. The van der Waals surface area contributed by atoms with Crippen molar-refractivity contribution in [1.82, 2.24) is 4.98 Å². The number of nitrogens with zero attached hydrogens (tertiary/aromatic N) is 1. The van der Waals surface area contributed by atoms with Crippen molar-refractivity contribution in [2.45, 2.75) is 6.42 Å². The fourth-order valence-corrected chi connectivity index (χ4v) is 1.94. The van der Waals surface area contributed by atoms with Crippen molar-refractivity contribution in [2.75, 3.05) is 26.1 Å². The van der Waals surface area contributed by atoms with E-state index < -0.39 is 5.97 Å². The molecule has 0 bridgehead atoms. The van der Waals surface area contributed by atoms with Gasteiger partial charge in [0.15, 0.2) is 0 Å². The molecule has 1 aromatic carbocycles. The quantitative estimate of drug-likeness (QED) is 0.827. The van der Waals surface area contributed by atoms with Gasteiger partial charge in [-0.3, -0.25) is 0 Å². The number of pyridine rings is 1. The van der Waals surface area contributed by atoms with Crippen molar-refractivity contribution in [2.24, 2.45) is 0 Å². The first-order valence-electron chi connectivity index (χ1n) is 6.64. The van der Waals surface area contributed by atoms with Crippen molar-refractivity contribution < 1.29 is 14.3 Å². The van der Waals surface area contributed by atoms with E-state index in [0.29, 0.717) is 17.9 Å². The average molecular weight is 286 g/mol. The first-order chi connectivity index (χ1) is 10.2. The lowest BCUT2D eigenvalue weighted by atomic mass is 10.1. The molecule has 21 heavy (non-hydrogen) atoms. The van der Waals surface area contributed by atoms with Gasteiger partial charge in [-0.25, -0.2) is 9.78 Å². The zero-order chi connectivity index (χ0) is 15.1. The maximum atomic E-state index is 11.6. The average Bonchev–Trinajstić information content (AvgIpc) is 2.55. The molecule has 0 atom stereocenters. The van der Waals surface area contributed by atoms with E-state index in [4.69, 9.17) is 9.47 Å². The number of aromatic nitrogens is 1. The van der Waals surface area contributed by atoms with Gasteiger partial charge >= 0.3 is 5.97 Å². The fourth-order valence-electron chi connectivity index (χ4n) is 1.94. The molecule has 1 aromatic heterocycles. The van der Waals surface area contributed by atoms with Gasteiger partial charge in [-0.2, -0.15) is 0 Å². The number of carbonyl (C=O) groups is 1. The molecule has 0 aliphatic carbocycles. The number of methoxy groups -OCH3 is 2. The highest BCUT2D eigenvalue weighted by Crippen LogP contribution is 2.14. The van der Waals surface area contributed by atoms with E-state index in [1.54, 1.807) is 25.4 Å². The van der Waals surface area contributed by atoms with E-state index in [9.17, 15) is 4.79 Å². The zero-order valence-electron chi connectivity index (χ0n) is 12.1. The summed E-state index contributed by atoms with van der Waals surface area (Å²) in [5, 5.41) is 3.16. The Kier molecular flexibility index (Phi) is 5.15. The number of esters is 1. The number of carbonyl (C=O) groups excluding carboxylic acids is 1. The molecule has 0 fully saturated rings. The Morgan fingerprint density at radius 3 is 2.62 bits per heavy atom. The zero-order valence-corrected chi connectivity index (χ0v) is 12.1. The van der Waals surface area contributed by atoms with Gasteiger partial charge in [0.2, 0.25) is 0 Å². The Balaban J connectivity index is 1.95. The topological polar surface area (TPSA) is 60.5 Å². The normalized spacial score (nSPS) is 10.0. The van der Waals surface area contributed by atoms with Crippen LogP contribution in [0.4, 0.5) is 5.82 Å². The third kappa shape index (κ3) is 3.95. The van der Waals surface area contributed by atoms with Crippen LogP contribution in [0.3, 0.4) is 0 Å². The summed E-state index contributed by atoms with van der Waals surface area (Å²) in [6.07, 6.45) is 2.46. The predicted octanol–water partition coefficient (Wildman–Crippen LogP) is 2.53. The molecule has 5 nitrogen and oxygen atoms in total. The lowest BCUT2D eigenvalue weighted by molar-refractivity contribution is 0.0601. The van der Waals surface area contributed by atoms with Crippen LogP contribution in [0.25, 0.3) is 0 Å². The minimum absolute atomic E-state index is 0.393. The summed E-state index contributed by atoms with van der Waals surface area (Å²) < 4.78 is 9.85. The molecular weight excluding hydrogens is 268 g/mol. The smallest absolute Gasteiger partial charge is 0.341 e. The number of ether oxygens (including phenoxy) is 2. The minimum Gasteiger partial charge on any atom is -0.497 e. The summed E-state index contributed by atoms with van der Waals surface area (Å²) in [5.41, 5.74) is 1.62. The van der Waals surface area contributed by atoms with Gasteiger partial charge in [0.25, 0.3) is 0 Å². The Labute approximate surface area is 123 Å². The Hall–Kier alpha value is -2.56. The number of benzene rings is 1. The van der Waals surface area contributed by atoms with Crippen LogP contribution in [0.5, 0.6) is 5.75 Å². The first kappa shape index (κ1) is 14.8. The van der Waals surface area contributed by atoms with Crippen LogP contribution in [-0.4, -0.2) is 31.7 Å². The van der Waals surface area contributed by atoms with Crippen LogP contribution in [0, 0.1) is 0 Å². The molecule has 0 spiro atoms. The molecule has 0 amide bonds. The second-order valence-electron chi connectivity index (χ2n) is 4.42. The van der Waals surface area contributed by atoms with Crippen molar-refractivity contribution in [3.8, 4) is 5.75 Å². The lowest BCUT2D eigenvalue weighted by Crippen LogP contribution is -2.12. The predicted molar refractivity (Wildman–Crippen MR) is 80.8 cm³/mol. The van der Waals surface area contributed by atoms with E-state index in [1.807, 2.05) is 24.3 Å².